The van der Waals surface area contributed by atoms with Gasteiger partial charge in [0.1, 0.15) is 0 Å². The highest BCUT2D eigenvalue weighted by Gasteiger charge is 2.01. The molecule has 7 heteroatoms. The van der Waals surface area contributed by atoms with E-state index in [9.17, 15) is 9.59 Å². The van der Waals surface area contributed by atoms with Crippen LogP contribution in [0.4, 0.5) is 4.79 Å². The third-order valence-corrected chi connectivity index (χ3v) is 1.24. The minimum Gasteiger partial charge on any atom is -0.479 e. The lowest BCUT2D eigenvalue weighted by atomic mass is 10.4. The van der Waals surface area contributed by atoms with Crippen LogP contribution >= 0.6 is 0 Å². The van der Waals surface area contributed by atoms with Gasteiger partial charge in [0.2, 0.25) is 0 Å². The molecular weight excluding hydrogens is 216 g/mol. The number of carboxylic acid groups (broad SMARTS) is 1. The summed E-state index contributed by atoms with van der Waals surface area (Å²) in [4.78, 5) is 25.3. The monoisotopic (exact) mass is 232 g/mol. The van der Waals surface area contributed by atoms with Crippen LogP contribution < -0.4 is 10.8 Å². The summed E-state index contributed by atoms with van der Waals surface area (Å²) >= 11 is 0. The maximum atomic E-state index is 10.9. The van der Waals surface area contributed by atoms with Crippen molar-refractivity contribution in [2.24, 2.45) is 0 Å². The van der Waals surface area contributed by atoms with Crippen LogP contribution in [0.5, 0.6) is 0 Å². The van der Waals surface area contributed by atoms with E-state index >= 15 is 0 Å². The van der Waals surface area contributed by atoms with Crippen LogP contribution in [0.1, 0.15) is 6.92 Å². The molecule has 92 valence electrons. The summed E-state index contributed by atoms with van der Waals surface area (Å²) in [7, 11) is 0. The third kappa shape index (κ3) is 10.5. The lowest BCUT2D eigenvalue weighted by Crippen LogP contribution is -2.38. The molecule has 0 atom stereocenters. The minimum atomic E-state index is -1.16. The number of hydroxylamine groups is 1. The van der Waals surface area contributed by atoms with Crippen molar-refractivity contribution >= 4 is 12.0 Å². The van der Waals surface area contributed by atoms with E-state index in [1.54, 1.807) is 0 Å². The van der Waals surface area contributed by atoms with Gasteiger partial charge < -0.3 is 15.2 Å². The number of nitrogens with one attached hydrogen (secondary N) is 2. The molecule has 0 spiro atoms. The second kappa shape index (κ2) is 8.69. The van der Waals surface area contributed by atoms with Gasteiger partial charge in [-0.15, -0.1) is 0 Å². The fourth-order valence-electron chi connectivity index (χ4n) is 0.683. The average molecular weight is 232 g/mol. The number of carbonyl (C=O) groups is 2. The number of hydrogen-bond acceptors (Lipinski definition) is 4. The average Bonchev–Trinajstić information content (AvgIpc) is 2.16. The van der Waals surface area contributed by atoms with Crippen molar-refractivity contribution in [3.8, 4) is 0 Å². The smallest absolute Gasteiger partial charge is 0.338 e. The minimum absolute atomic E-state index is 0.301. The summed E-state index contributed by atoms with van der Waals surface area (Å²) in [5.41, 5.74) is 2.81. The van der Waals surface area contributed by atoms with Gasteiger partial charge in [0.05, 0.1) is 13.2 Å². The maximum absolute atomic E-state index is 10.9. The highest BCUT2D eigenvalue weighted by atomic mass is 16.7. The molecule has 0 aliphatic rings. The van der Waals surface area contributed by atoms with Crippen LogP contribution in [0.15, 0.2) is 12.2 Å². The van der Waals surface area contributed by atoms with E-state index in [1.165, 1.54) is 0 Å². The predicted octanol–water partition coefficient (Wildman–Crippen LogP) is -0.105. The molecule has 0 aromatic heterocycles. The van der Waals surface area contributed by atoms with E-state index in [4.69, 9.17) is 9.84 Å². The van der Waals surface area contributed by atoms with E-state index in [0.29, 0.717) is 19.8 Å². The fraction of sp³-hybridized carbons (Fsp3) is 0.556. The molecule has 7 nitrogen and oxygen atoms in total. The summed E-state index contributed by atoms with van der Waals surface area (Å²) in [5, 5.41) is 10.6. The Labute approximate surface area is 93.4 Å². The Morgan fingerprint density at radius 3 is 2.62 bits per heavy atom. The van der Waals surface area contributed by atoms with Gasteiger partial charge in [-0.2, -0.15) is 0 Å². The number of ether oxygens (including phenoxy) is 1. The van der Waals surface area contributed by atoms with Crippen LogP contribution in [-0.2, 0) is 14.4 Å². The Morgan fingerprint density at radius 2 is 2.06 bits per heavy atom. The molecule has 0 saturated heterocycles. The number of carbonyl (C=O) groups excluding carboxylic acids is 1. The van der Waals surface area contributed by atoms with Gasteiger partial charge in [-0.05, 0) is 6.92 Å². The lowest BCUT2D eigenvalue weighted by Gasteiger charge is -2.07. The first-order chi connectivity index (χ1) is 7.52. The van der Waals surface area contributed by atoms with Gasteiger partial charge in [0.25, 0.3) is 0 Å². The Balaban J connectivity index is 3.30. The highest BCUT2D eigenvalue weighted by Crippen LogP contribution is 1.86. The molecule has 0 unspecified atom stereocenters. The maximum Gasteiger partial charge on any atom is 0.338 e. The molecule has 0 aliphatic carbocycles. The summed E-state index contributed by atoms with van der Waals surface area (Å²) < 4.78 is 5.11. The molecule has 3 N–H and O–H groups in total. The molecule has 0 rings (SSSR count). The first-order valence-corrected chi connectivity index (χ1v) is 4.62. The van der Waals surface area contributed by atoms with E-state index in [-0.39, 0.29) is 0 Å². The van der Waals surface area contributed by atoms with Gasteiger partial charge in [-0.1, -0.05) is 12.2 Å². The fourth-order valence-corrected chi connectivity index (χ4v) is 0.683. The SMILES string of the molecule is C=C(C)COCCNC(=O)NOCC(=O)O. The number of carboxylic acids is 1. The number of amides is 2. The van der Waals surface area contributed by atoms with Crippen LogP contribution in [0.25, 0.3) is 0 Å². The van der Waals surface area contributed by atoms with Gasteiger partial charge >= 0.3 is 12.0 Å². The van der Waals surface area contributed by atoms with Crippen LogP contribution in [0, 0.1) is 0 Å². The van der Waals surface area contributed by atoms with E-state index in [2.05, 4.69) is 16.7 Å². The molecule has 0 aromatic rings. The van der Waals surface area contributed by atoms with Crippen molar-refractivity contribution in [1.82, 2.24) is 10.8 Å². The molecule has 0 heterocycles. The second-order valence-corrected chi connectivity index (χ2v) is 3.05. The predicted molar refractivity (Wildman–Crippen MR) is 55.8 cm³/mol. The zero-order valence-electron chi connectivity index (χ0n) is 9.12. The summed E-state index contributed by atoms with van der Waals surface area (Å²) in [6.07, 6.45) is 0. The topological polar surface area (TPSA) is 96.9 Å². The van der Waals surface area contributed by atoms with Crippen molar-refractivity contribution < 1.29 is 24.3 Å². The molecule has 16 heavy (non-hydrogen) atoms. The van der Waals surface area contributed by atoms with Crippen LogP contribution in [0.2, 0.25) is 0 Å². The normalized spacial score (nSPS) is 9.56. The van der Waals surface area contributed by atoms with Gasteiger partial charge in [0, 0.05) is 6.54 Å². The molecule has 0 radical (unpaired) electrons. The van der Waals surface area contributed by atoms with Gasteiger partial charge in [-0.3, -0.25) is 4.84 Å². The number of aliphatic carboxylic acids is 1. The summed E-state index contributed by atoms with van der Waals surface area (Å²) in [5.74, 6) is -1.16. The van der Waals surface area contributed by atoms with Gasteiger partial charge in [-0.25, -0.2) is 15.1 Å². The van der Waals surface area contributed by atoms with Crippen molar-refractivity contribution in [2.75, 3.05) is 26.4 Å². The van der Waals surface area contributed by atoms with E-state index < -0.39 is 18.6 Å². The van der Waals surface area contributed by atoms with Crippen molar-refractivity contribution in [2.45, 2.75) is 6.92 Å². The Kier molecular flexibility index (Phi) is 7.82. The summed E-state index contributed by atoms with van der Waals surface area (Å²) in [6, 6.07) is -0.611. The first-order valence-electron chi connectivity index (χ1n) is 4.62. The highest BCUT2D eigenvalue weighted by molar-refractivity contribution is 5.73. The Hall–Kier alpha value is -1.60. The quantitative estimate of drug-likeness (QED) is 0.308. The van der Waals surface area contributed by atoms with Crippen molar-refractivity contribution in [3.63, 3.8) is 0 Å². The Morgan fingerprint density at radius 1 is 1.38 bits per heavy atom. The van der Waals surface area contributed by atoms with Gasteiger partial charge in [0.15, 0.2) is 6.61 Å². The van der Waals surface area contributed by atoms with E-state index in [1.807, 2.05) is 12.4 Å². The first kappa shape index (κ1) is 14.4. The van der Waals surface area contributed by atoms with Crippen molar-refractivity contribution in [1.29, 1.82) is 0 Å². The molecular formula is C9H16N2O5. The molecule has 0 bridgehead atoms. The molecule has 0 fully saturated rings. The van der Waals surface area contributed by atoms with Crippen LogP contribution in [0.3, 0.4) is 0 Å². The molecule has 0 saturated carbocycles. The second-order valence-electron chi connectivity index (χ2n) is 3.05. The molecule has 0 aromatic carbocycles. The zero-order chi connectivity index (χ0) is 12.4. The standard InChI is InChI=1S/C9H16N2O5/c1-7(2)5-15-4-3-10-9(14)11-16-6-8(12)13/h1,3-6H2,2H3,(H,12,13)(H2,10,11,14). The zero-order valence-corrected chi connectivity index (χ0v) is 9.12. The Bertz CT molecular complexity index is 254. The van der Waals surface area contributed by atoms with E-state index in [0.717, 1.165) is 5.57 Å². The molecule has 2 amide bonds. The lowest BCUT2D eigenvalue weighted by molar-refractivity contribution is -0.144. The molecule has 0 aliphatic heterocycles. The number of rotatable bonds is 8. The van der Waals surface area contributed by atoms with Crippen LogP contribution in [-0.4, -0.2) is 43.5 Å². The number of urea groups is 1. The number of hydrogen-bond donors (Lipinski definition) is 3. The van der Waals surface area contributed by atoms with Crippen molar-refractivity contribution in [3.05, 3.63) is 12.2 Å². The third-order valence-electron chi connectivity index (χ3n) is 1.24. The summed E-state index contributed by atoms with van der Waals surface area (Å²) in [6.45, 7) is 5.98. The largest absolute Gasteiger partial charge is 0.479 e.